The number of aromatic nitrogens is 2. The number of rotatable bonds is 6. The Morgan fingerprint density at radius 2 is 2.09 bits per heavy atom. The van der Waals surface area contributed by atoms with E-state index >= 15 is 0 Å². The smallest absolute Gasteiger partial charge is 0.258 e. The molecule has 0 bridgehead atoms. The van der Waals surface area contributed by atoms with Crippen molar-refractivity contribution in [2.24, 2.45) is 0 Å². The van der Waals surface area contributed by atoms with Crippen LogP contribution in [0.4, 0.5) is 5.69 Å². The average molecular weight is 333 g/mol. The molecule has 23 heavy (non-hydrogen) atoms. The van der Waals surface area contributed by atoms with Gasteiger partial charge in [0.25, 0.3) is 5.56 Å². The van der Waals surface area contributed by atoms with Crippen LogP contribution < -0.4 is 10.9 Å². The third-order valence-corrected chi connectivity index (χ3v) is 4.29. The summed E-state index contributed by atoms with van der Waals surface area (Å²) in [4.78, 5) is 30.5. The molecular weight excluding hydrogens is 314 g/mol. The van der Waals surface area contributed by atoms with Gasteiger partial charge in [-0.1, -0.05) is 43.8 Å². The van der Waals surface area contributed by atoms with Gasteiger partial charge in [0.15, 0.2) is 5.16 Å². The molecule has 1 aromatic carbocycles. The maximum atomic E-state index is 12.0. The molecule has 0 fully saturated rings. The van der Waals surface area contributed by atoms with Crippen LogP contribution in [0.1, 0.15) is 31.7 Å². The molecule has 7 heteroatoms. The van der Waals surface area contributed by atoms with Crippen molar-refractivity contribution < 1.29 is 9.90 Å². The van der Waals surface area contributed by atoms with Crippen molar-refractivity contribution in [3.05, 3.63) is 46.2 Å². The Morgan fingerprint density at radius 3 is 2.70 bits per heavy atom. The first-order valence-electron chi connectivity index (χ1n) is 7.32. The molecule has 0 saturated heterocycles. The number of nitrogens with one attached hydrogen (secondary N) is 2. The van der Waals surface area contributed by atoms with Gasteiger partial charge in [0.05, 0.1) is 11.3 Å². The Kier molecular flexibility index (Phi) is 5.81. The van der Waals surface area contributed by atoms with E-state index in [2.05, 4.69) is 15.3 Å². The molecule has 1 amide bonds. The number of amides is 1. The highest BCUT2D eigenvalue weighted by molar-refractivity contribution is 7.99. The second kappa shape index (κ2) is 7.82. The maximum Gasteiger partial charge on any atom is 0.258 e. The van der Waals surface area contributed by atoms with Crippen LogP contribution in [0, 0.1) is 0 Å². The van der Waals surface area contributed by atoms with Crippen molar-refractivity contribution in [1.82, 2.24) is 9.97 Å². The highest BCUT2D eigenvalue weighted by Crippen LogP contribution is 2.24. The minimum absolute atomic E-state index is 0.0771. The first-order chi connectivity index (χ1) is 11.0. The molecule has 0 aliphatic carbocycles. The fraction of sp³-hybridized carbons (Fsp3) is 0.312. The normalized spacial score (nSPS) is 11.9. The van der Waals surface area contributed by atoms with E-state index in [0.717, 1.165) is 18.2 Å². The molecule has 0 aliphatic heterocycles. The predicted molar refractivity (Wildman–Crippen MR) is 91.0 cm³/mol. The molecule has 1 atom stereocenters. The molecule has 1 heterocycles. The number of aromatic amines is 1. The van der Waals surface area contributed by atoms with Gasteiger partial charge in [0, 0.05) is 5.69 Å². The SMILES string of the molecule is CC[C@@H](C)c1c(O)nc(SCC(=O)Nc2ccccc2)[nH]c1=O. The Balaban J connectivity index is 2.01. The number of nitrogens with zero attached hydrogens (tertiary/aromatic N) is 1. The van der Waals surface area contributed by atoms with E-state index in [0.29, 0.717) is 5.69 Å². The number of benzene rings is 1. The summed E-state index contributed by atoms with van der Waals surface area (Å²) in [5, 5.41) is 12.9. The number of carbonyl (C=O) groups excluding carboxylic acids is 1. The van der Waals surface area contributed by atoms with E-state index in [1.165, 1.54) is 0 Å². The summed E-state index contributed by atoms with van der Waals surface area (Å²) in [6, 6.07) is 9.09. The van der Waals surface area contributed by atoms with Gasteiger partial charge < -0.3 is 15.4 Å². The largest absolute Gasteiger partial charge is 0.493 e. The van der Waals surface area contributed by atoms with Gasteiger partial charge in [-0.05, 0) is 24.5 Å². The van der Waals surface area contributed by atoms with E-state index in [1.807, 2.05) is 32.0 Å². The molecule has 6 nitrogen and oxygen atoms in total. The average Bonchev–Trinajstić information content (AvgIpc) is 2.53. The molecule has 0 saturated carbocycles. The summed E-state index contributed by atoms with van der Waals surface area (Å²) >= 11 is 1.07. The zero-order valence-corrected chi connectivity index (χ0v) is 13.8. The zero-order chi connectivity index (χ0) is 16.8. The third-order valence-electron chi connectivity index (χ3n) is 3.42. The number of aromatic hydroxyl groups is 1. The number of thioether (sulfide) groups is 1. The fourth-order valence-corrected chi connectivity index (χ4v) is 2.68. The van der Waals surface area contributed by atoms with Gasteiger partial charge in [-0.25, -0.2) is 0 Å². The van der Waals surface area contributed by atoms with Crippen LogP contribution in [0.25, 0.3) is 0 Å². The summed E-state index contributed by atoms with van der Waals surface area (Å²) in [7, 11) is 0. The topological polar surface area (TPSA) is 95.1 Å². The number of hydrogen-bond acceptors (Lipinski definition) is 5. The highest BCUT2D eigenvalue weighted by Gasteiger charge is 2.16. The van der Waals surface area contributed by atoms with Crippen molar-refractivity contribution in [3.8, 4) is 5.88 Å². The molecule has 3 N–H and O–H groups in total. The molecule has 2 rings (SSSR count). The fourth-order valence-electron chi connectivity index (χ4n) is 2.02. The monoisotopic (exact) mass is 333 g/mol. The molecule has 0 aliphatic rings. The highest BCUT2D eigenvalue weighted by atomic mass is 32.2. The van der Waals surface area contributed by atoms with E-state index in [1.54, 1.807) is 12.1 Å². The lowest BCUT2D eigenvalue weighted by Gasteiger charge is -2.10. The lowest BCUT2D eigenvalue weighted by molar-refractivity contribution is -0.113. The standard InChI is InChI=1S/C16H19N3O3S/c1-3-10(2)13-14(21)18-16(19-15(13)22)23-9-12(20)17-11-7-5-4-6-8-11/h4-8,10H,3,9H2,1-2H3,(H,17,20)(H2,18,19,21,22)/t10-/m1/s1. The second-order valence-electron chi connectivity index (χ2n) is 5.12. The Morgan fingerprint density at radius 1 is 1.39 bits per heavy atom. The van der Waals surface area contributed by atoms with Crippen LogP contribution >= 0.6 is 11.8 Å². The quantitative estimate of drug-likeness (QED) is 0.558. The minimum Gasteiger partial charge on any atom is -0.493 e. The molecule has 122 valence electrons. The zero-order valence-electron chi connectivity index (χ0n) is 13.0. The number of anilines is 1. The van der Waals surface area contributed by atoms with Crippen molar-refractivity contribution in [2.45, 2.75) is 31.3 Å². The third kappa shape index (κ3) is 4.59. The molecule has 0 spiro atoms. The number of para-hydroxylation sites is 1. The molecular formula is C16H19N3O3S. The summed E-state index contributed by atoms with van der Waals surface area (Å²) in [5.41, 5.74) is 0.623. The van der Waals surface area contributed by atoms with Gasteiger partial charge in [-0.2, -0.15) is 4.98 Å². The van der Waals surface area contributed by atoms with Gasteiger partial charge in [0.2, 0.25) is 11.8 Å². The van der Waals surface area contributed by atoms with Crippen molar-refractivity contribution in [1.29, 1.82) is 0 Å². The van der Waals surface area contributed by atoms with Gasteiger partial charge in [-0.3, -0.25) is 9.59 Å². The second-order valence-corrected chi connectivity index (χ2v) is 6.08. The lowest BCUT2D eigenvalue weighted by Crippen LogP contribution is -2.18. The van der Waals surface area contributed by atoms with E-state index in [-0.39, 0.29) is 39.7 Å². The predicted octanol–water partition coefficient (Wildman–Crippen LogP) is 2.72. The van der Waals surface area contributed by atoms with Crippen molar-refractivity contribution in [2.75, 3.05) is 11.1 Å². The maximum absolute atomic E-state index is 12.0. The van der Waals surface area contributed by atoms with E-state index in [4.69, 9.17) is 0 Å². The Hall–Kier alpha value is -2.28. The van der Waals surface area contributed by atoms with Crippen LogP contribution in [0.3, 0.4) is 0 Å². The van der Waals surface area contributed by atoms with Crippen molar-refractivity contribution in [3.63, 3.8) is 0 Å². The minimum atomic E-state index is -0.363. The van der Waals surface area contributed by atoms with E-state index in [9.17, 15) is 14.7 Å². The summed E-state index contributed by atoms with van der Waals surface area (Å²) in [6.45, 7) is 3.78. The first-order valence-corrected chi connectivity index (χ1v) is 8.30. The molecule has 1 aromatic heterocycles. The molecule has 2 aromatic rings. The van der Waals surface area contributed by atoms with E-state index < -0.39 is 0 Å². The van der Waals surface area contributed by atoms with Gasteiger partial charge in [-0.15, -0.1) is 0 Å². The van der Waals surface area contributed by atoms with Crippen LogP contribution in [0.5, 0.6) is 5.88 Å². The molecule has 0 unspecified atom stereocenters. The van der Waals surface area contributed by atoms with Crippen LogP contribution in [-0.2, 0) is 4.79 Å². The summed E-state index contributed by atoms with van der Waals surface area (Å²) in [6.07, 6.45) is 0.726. The van der Waals surface area contributed by atoms with Gasteiger partial charge >= 0.3 is 0 Å². The van der Waals surface area contributed by atoms with Gasteiger partial charge in [0.1, 0.15) is 0 Å². The lowest BCUT2D eigenvalue weighted by atomic mass is 10.0. The van der Waals surface area contributed by atoms with Crippen LogP contribution in [-0.4, -0.2) is 26.7 Å². The number of hydrogen-bond donors (Lipinski definition) is 3. The molecule has 0 radical (unpaired) electrons. The van der Waals surface area contributed by atoms with Crippen LogP contribution in [0.15, 0.2) is 40.3 Å². The van der Waals surface area contributed by atoms with Crippen molar-refractivity contribution >= 4 is 23.4 Å². The Bertz CT molecular complexity index is 731. The Labute approximate surface area is 138 Å². The number of carbonyl (C=O) groups is 1. The summed E-state index contributed by atoms with van der Waals surface area (Å²) < 4.78 is 0. The van der Waals surface area contributed by atoms with Crippen LogP contribution in [0.2, 0.25) is 0 Å². The first kappa shape index (κ1) is 17.1. The summed E-state index contributed by atoms with van der Waals surface area (Å²) in [5.74, 6) is -0.477. The number of H-pyrrole nitrogens is 1.